The fraction of sp³-hybridized carbons (Fsp3) is 0. The quantitative estimate of drug-likeness (QED) is 0.482. The number of benzene rings is 1. The van der Waals surface area contributed by atoms with Crippen molar-refractivity contribution in [3.63, 3.8) is 0 Å². The monoisotopic (exact) mass is 241 g/mol. The molecule has 6 heteroatoms. The van der Waals surface area contributed by atoms with Gasteiger partial charge in [0.15, 0.2) is 5.65 Å². The summed E-state index contributed by atoms with van der Waals surface area (Å²) in [5, 5.41) is 9.84. The topological polar surface area (TPSA) is 114 Å². The van der Waals surface area contributed by atoms with E-state index in [9.17, 15) is 5.11 Å². The van der Waals surface area contributed by atoms with Crippen LogP contribution in [0, 0.1) is 0 Å². The van der Waals surface area contributed by atoms with E-state index in [-0.39, 0.29) is 5.75 Å². The largest absolute Gasteiger partial charge is 0.507 e. The third-order valence-electron chi connectivity index (χ3n) is 2.64. The van der Waals surface area contributed by atoms with E-state index in [1.807, 2.05) is 0 Å². The lowest BCUT2D eigenvalue weighted by atomic mass is 10.2. The second kappa shape index (κ2) is 3.63. The normalized spacial score (nSPS) is 10.9. The summed E-state index contributed by atoms with van der Waals surface area (Å²) in [6.07, 6.45) is 0. The van der Waals surface area contributed by atoms with E-state index in [1.165, 1.54) is 6.07 Å². The van der Waals surface area contributed by atoms with Crippen LogP contribution < -0.4 is 11.5 Å². The first-order chi connectivity index (χ1) is 8.63. The summed E-state index contributed by atoms with van der Waals surface area (Å²) in [5.41, 5.74) is 13.5. The Hall–Kier alpha value is -2.76. The number of imidazole rings is 1. The van der Waals surface area contributed by atoms with Crippen molar-refractivity contribution in [2.24, 2.45) is 0 Å². The van der Waals surface area contributed by atoms with Gasteiger partial charge < -0.3 is 21.6 Å². The lowest BCUT2D eigenvalue weighted by Crippen LogP contribution is -1.88. The number of nitrogens with one attached hydrogen (secondary N) is 1. The van der Waals surface area contributed by atoms with E-state index in [2.05, 4.69) is 15.0 Å². The van der Waals surface area contributed by atoms with Crippen molar-refractivity contribution in [2.75, 3.05) is 11.5 Å². The maximum atomic E-state index is 9.84. The number of anilines is 2. The van der Waals surface area contributed by atoms with Gasteiger partial charge in [0.2, 0.25) is 0 Å². The zero-order valence-electron chi connectivity index (χ0n) is 9.38. The number of aromatic hydroxyl groups is 1. The molecule has 0 aliphatic rings. The van der Waals surface area contributed by atoms with Gasteiger partial charge in [-0.3, -0.25) is 0 Å². The lowest BCUT2D eigenvalue weighted by Gasteiger charge is -2.01. The van der Waals surface area contributed by atoms with Gasteiger partial charge in [-0.05, 0) is 24.3 Å². The Labute approximate surface area is 102 Å². The molecule has 2 heterocycles. The maximum absolute atomic E-state index is 9.84. The number of phenols is 1. The number of H-pyrrole nitrogens is 1. The molecule has 2 aromatic heterocycles. The number of rotatable bonds is 1. The Bertz CT molecular complexity index is 734. The molecule has 0 radical (unpaired) electrons. The average molecular weight is 241 g/mol. The molecule has 0 bridgehead atoms. The SMILES string of the molecule is Nc1ccc(-c2nc3nc(N)ccc3[nH]2)c(O)c1. The summed E-state index contributed by atoms with van der Waals surface area (Å²) in [6, 6.07) is 8.36. The molecule has 0 saturated heterocycles. The minimum Gasteiger partial charge on any atom is -0.507 e. The number of aromatic amines is 1. The van der Waals surface area contributed by atoms with Gasteiger partial charge in [-0.25, -0.2) is 9.97 Å². The van der Waals surface area contributed by atoms with Crippen LogP contribution in [0.25, 0.3) is 22.6 Å². The predicted molar refractivity (Wildman–Crippen MR) is 69.8 cm³/mol. The van der Waals surface area contributed by atoms with Crippen LogP contribution in [0.4, 0.5) is 11.5 Å². The number of hydrogen-bond acceptors (Lipinski definition) is 5. The minimum absolute atomic E-state index is 0.0713. The molecular weight excluding hydrogens is 230 g/mol. The van der Waals surface area contributed by atoms with Crippen molar-refractivity contribution >= 4 is 22.7 Å². The van der Waals surface area contributed by atoms with E-state index in [0.717, 1.165) is 5.52 Å². The number of aromatic nitrogens is 3. The zero-order valence-corrected chi connectivity index (χ0v) is 9.38. The lowest BCUT2D eigenvalue weighted by molar-refractivity contribution is 0.477. The van der Waals surface area contributed by atoms with E-state index >= 15 is 0 Å². The van der Waals surface area contributed by atoms with Crippen molar-refractivity contribution < 1.29 is 5.11 Å². The number of nitrogen functional groups attached to an aromatic ring is 2. The van der Waals surface area contributed by atoms with Gasteiger partial charge in [0.1, 0.15) is 17.4 Å². The molecule has 0 spiro atoms. The Morgan fingerprint density at radius 3 is 2.67 bits per heavy atom. The number of phenolic OH excluding ortho intramolecular Hbond substituents is 1. The van der Waals surface area contributed by atoms with Crippen LogP contribution in [-0.4, -0.2) is 20.1 Å². The molecule has 0 atom stereocenters. The highest BCUT2D eigenvalue weighted by Crippen LogP contribution is 2.29. The van der Waals surface area contributed by atoms with E-state index < -0.39 is 0 Å². The molecule has 3 rings (SSSR count). The van der Waals surface area contributed by atoms with E-state index in [4.69, 9.17) is 11.5 Å². The maximum Gasteiger partial charge on any atom is 0.180 e. The third kappa shape index (κ3) is 1.60. The second-order valence-corrected chi connectivity index (χ2v) is 3.97. The van der Waals surface area contributed by atoms with E-state index in [0.29, 0.717) is 28.5 Å². The zero-order chi connectivity index (χ0) is 12.7. The summed E-state index contributed by atoms with van der Waals surface area (Å²) >= 11 is 0. The number of nitrogens with zero attached hydrogens (tertiary/aromatic N) is 2. The Morgan fingerprint density at radius 2 is 1.89 bits per heavy atom. The highest BCUT2D eigenvalue weighted by atomic mass is 16.3. The molecule has 0 unspecified atom stereocenters. The molecule has 0 aliphatic carbocycles. The second-order valence-electron chi connectivity index (χ2n) is 3.97. The molecule has 0 fully saturated rings. The third-order valence-corrected chi connectivity index (χ3v) is 2.64. The summed E-state index contributed by atoms with van der Waals surface area (Å²) < 4.78 is 0. The van der Waals surface area contributed by atoms with Gasteiger partial charge in [0.05, 0.1) is 11.1 Å². The highest BCUT2D eigenvalue weighted by Gasteiger charge is 2.10. The van der Waals surface area contributed by atoms with E-state index in [1.54, 1.807) is 24.3 Å². The van der Waals surface area contributed by atoms with Crippen LogP contribution >= 0.6 is 0 Å². The first kappa shape index (κ1) is 10.4. The summed E-state index contributed by atoms with van der Waals surface area (Å²) in [7, 11) is 0. The van der Waals surface area contributed by atoms with Crippen molar-refractivity contribution in [3.8, 4) is 17.1 Å². The van der Waals surface area contributed by atoms with Gasteiger partial charge in [0.25, 0.3) is 0 Å². The molecular formula is C12H11N5O. The first-order valence-corrected chi connectivity index (χ1v) is 5.34. The highest BCUT2D eigenvalue weighted by molar-refractivity contribution is 5.79. The molecule has 90 valence electrons. The Morgan fingerprint density at radius 1 is 1.06 bits per heavy atom. The number of pyridine rings is 1. The molecule has 3 aromatic rings. The molecule has 0 amide bonds. The fourth-order valence-corrected chi connectivity index (χ4v) is 1.78. The summed E-state index contributed by atoms with van der Waals surface area (Å²) in [6.45, 7) is 0. The van der Waals surface area contributed by atoms with Crippen molar-refractivity contribution in [2.45, 2.75) is 0 Å². The van der Waals surface area contributed by atoms with Crippen molar-refractivity contribution in [1.29, 1.82) is 0 Å². The van der Waals surface area contributed by atoms with Crippen LogP contribution in [-0.2, 0) is 0 Å². The average Bonchev–Trinajstić information content (AvgIpc) is 2.71. The molecule has 1 aromatic carbocycles. The number of fused-ring (bicyclic) bond motifs is 1. The van der Waals surface area contributed by atoms with Gasteiger partial charge in [-0.1, -0.05) is 0 Å². The van der Waals surface area contributed by atoms with Crippen molar-refractivity contribution in [3.05, 3.63) is 30.3 Å². The van der Waals surface area contributed by atoms with Gasteiger partial charge in [-0.2, -0.15) is 0 Å². The Balaban J connectivity index is 2.19. The first-order valence-electron chi connectivity index (χ1n) is 5.34. The number of nitrogens with two attached hydrogens (primary N) is 2. The smallest absolute Gasteiger partial charge is 0.180 e. The van der Waals surface area contributed by atoms with Crippen molar-refractivity contribution in [1.82, 2.24) is 15.0 Å². The van der Waals surface area contributed by atoms with Crippen LogP contribution in [0.5, 0.6) is 5.75 Å². The summed E-state index contributed by atoms with van der Waals surface area (Å²) in [4.78, 5) is 11.5. The standard InChI is InChI=1S/C12H11N5O/c13-6-1-2-7(9(18)5-6)11-15-8-3-4-10(14)16-12(8)17-11/h1-5,18H,13H2,(H3,14,15,16,17). The van der Waals surface area contributed by atoms with Crippen LogP contribution in [0.3, 0.4) is 0 Å². The predicted octanol–water partition coefficient (Wildman–Crippen LogP) is 1.49. The van der Waals surface area contributed by atoms with Crippen LogP contribution in [0.15, 0.2) is 30.3 Å². The summed E-state index contributed by atoms with van der Waals surface area (Å²) in [5.74, 6) is 1.00. The molecule has 6 N–H and O–H groups in total. The van der Waals surface area contributed by atoms with Gasteiger partial charge in [0, 0.05) is 11.8 Å². The fourth-order valence-electron chi connectivity index (χ4n) is 1.78. The van der Waals surface area contributed by atoms with Crippen LogP contribution in [0.2, 0.25) is 0 Å². The molecule has 0 saturated carbocycles. The van der Waals surface area contributed by atoms with Gasteiger partial charge >= 0.3 is 0 Å². The molecule has 0 aliphatic heterocycles. The van der Waals surface area contributed by atoms with Crippen LogP contribution in [0.1, 0.15) is 0 Å². The minimum atomic E-state index is 0.0713. The van der Waals surface area contributed by atoms with Gasteiger partial charge in [-0.15, -0.1) is 0 Å². The molecule has 6 nitrogen and oxygen atoms in total. The number of hydrogen-bond donors (Lipinski definition) is 4. The molecule has 18 heavy (non-hydrogen) atoms. The Kier molecular flexibility index (Phi) is 2.09.